The minimum atomic E-state index is -0.0827. The summed E-state index contributed by atoms with van der Waals surface area (Å²) in [5, 5.41) is 2.87. The largest absolute Gasteiger partial charge is 0.495 e. The highest BCUT2D eigenvalue weighted by Crippen LogP contribution is 2.38. The number of benzene rings is 2. The van der Waals surface area contributed by atoms with E-state index in [2.05, 4.69) is 26.2 Å². The fourth-order valence-electron chi connectivity index (χ4n) is 2.22. The van der Waals surface area contributed by atoms with Gasteiger partial charge in [0.2, 0.25) is 5.91 Å². The van der Waals surface area contributed by atoms with Crippen molar-refractivity contribution < 1.29 is 9.53 Å². The number of anilines is 1. The van der Waals surface area contributed by atoms with Crippen LogP contribution in [0.25, 0.3) is 0 Å². The average Bonchev–Trinajstić information content (AvgIpc) is 2.65. The Morgan fingerprint density at radius 1 is 1.24 bits per heavy atom. The fraction of sp³-hybridized carbons (Fsp3) is 0.125. The van der Waals surface area contributed by atoms with E-state index in [1.165, 1.54) is 0 Å². The lowest BCUT2D eigenvalue weighted by Gasteiger charge is -2.09. The number of rotatable bonds is 2. The molecule has 2 aromatic carbocycles. The van der Waals surface area contributed by atoms with Crippen LogP contribution in [0.5, 0.6) is 5.75 Å². The van der Waals surface area contributed by atoms with E-state index in [0.717, 1.165) is 15.7 Å². The minimum Gasteiger partial charge on any atom is -0.495 e. The molecule has 21 heavy (non-hydrogen) atoms. The predicted octanol–water partition coefficient (Wildman–Crippen LogP) is 3.92. The molecule has 106 valence electrons. The minimum absolute atomic E-state index is 0.0827. The summed E-state index contributed by atoms with van der Waals surface area (Å²) in [5.41, 5.74) is 3.08. The maximum Gasteiger partial charge on any atom is 0.230 e. The Hall–Kier alpha value is -2.14. The first-order chi connectivity index (χ1) is 10.2. The Balaban J connectivity index is 2.12. The maximum absolute atomic E-state index is 12.1. The molecule has 1 amide bonds. The molecule has 1 aliphatic heterocycles. The molecule has 0 bridgehead atoms. The number of nitrogens with zero attached hydrogens (tertiary/aromatic N) is 1. The summed E-state index contributed by atoms with van der Waals surface area (Å²) in [7, 11) is 1.59. The number of carbonyl (C=O) groups is 1. The number of hydrogen-bond acceptors (Lipinski definition) is 3. The van der Waals surface area contributed by atoms with Crippen molar-refractivity contribution in [2.45, 2.75) is 6.42 Å². The number of halogens is 1. The van der Waals surface area contributed by atoms with Crippen LogP contribution in [0.1, 0.15) is 12.0 Å². The van der Waals surface area contributed by atoms with Crippen molar-refractivity contribution in [2.75, 3.05) is 12.4 Å². The van der Waals surface area contributed by atoms with Gasteiger partial charge in [0.05, 0.1) is 35.1 Å². The van der Waals surface area contributed by atoms with Gasteiger partial charge in [0.25, 0.3) is 0 Å². The fourth-order valence-corrected chi connectivity index (χ4v) is 2.71. The molecule has 0 saturated heterocycles. The lowest BCUT2D eigenvalue weighted by atomic mass is 10.1. The molecule has 0 spiro atoms. The van der Waals surface area contributed by atoms with E-state index < -0.39 is 0 Å². The van der Waals surface area contributed by atoms with Crippen molar-refractivity contribution in [3.63, 3.8) is 0 Å². The zero-order valence-electron chi connectivity index (χ0n) is 11.4. The predicted molar refractivity (Wildman–Crippen MR) is 86.6 cm³/mol. The number of fused-ring (bicyclic) bond motifs is 1. The van der Waals surface area contributed by atoms with E-state index in [1.54, 1.807) is 13.2 Å². The Kier molecular flexibility index (Phi) is 3.75. The number of hydrogen-bond donors (Lipinski definition) is 1. The molecule has 0 fully saturated rings. The monoisotopic (exact) mass is 344 g/mol. The van der Waals surface area contributed by atoms with Crippen LogP contribution in [-0.2, 0) is 4.79 Å². The van der Waals surface area contributed by atoms with Crippen LogP contribution < -0.4 is 10.1 Å². The van der Waals surface area contributed by atoms with Gasteiger partial charge in [-0.3, -0.25) is 9.79 Å². The van der Waals surface area contributed by atoms with Gasteiger partial charge in [0.15, 0.2) is 0 Å². The normalized spacial score (nSPS) is 13.8. The van der Waals surface area contributed by atoms with Gasteiger partial charge in [0.1, 0.15) is 5.75 Å². The lowest BCUT2D eigenvalue weighted by molar-refractivity contribution is -0.115. The number of aliphatic imine (C=N–C) groups is 1. The van der Waals surface area contributed by atoms with Crippen molar-refractivity contribution >= 4 is 38.9 Å². The SMILES string of the molecule is COc1cc2c(cc1Br)N=C(c1ccccc1)CC(=O)N2. The molecule has 0 aromatic heterocycles. The van der Waals surface area contributed by atoms with Crippen LogP contribution in [0, 0.1) is 0 Å². The summed E-state index contributed by atoms with van der Waals surface area (Å²) in [6.07, 6.45) is 0.249. The summed E-state index contributed by atoms with van der Waals surface area (Å²) in [5.74, 6) is 0.577. The summed E-state index contributed by atoms with van der Waals surface area (Å²) >= 11 is 3.45. The maximum atomic E-state index is 12.1. The average molecular weight is 345 g/mol. The molecular formula is C16H13BrN2O2. The Morgan fingerprint density at radius 3 is 2.71 bits per heavy atom. The molecule has 1 heterocycles. The smallest absolute Gasteiger partial charge is 0.230 e. The molecule has 2 aromatic rings. The first-order valence-electron chi connectivity index (χ1n) is 6.48. The van der Waals surface area contributed by atoms with Crippen LogP contribution >= 0.6 is 15.9 Å². The van der Waals surface area contributed by atoms with Crippen LogP contribution in [0.3, 0.4) is 0 Å². The number of amides is 1. The second-order valence-corrected chi connectivity index (χ2v) is 5.51. The number of nitrogens with one attached hydrogen (secondary N) is 1. The molecule has 0 atom stereocenters. The molecule has 0 radical (unpaired) electrons. The van der Waals surface area contributed by atoms with Crippen LogP contribution in [0.2, 0.25) is 0 Å². The Morgan fingerprint density at radius 2 is 2.00 bits per heavy atom. The van der Waals surface area contributed by atoms with Crippen molar-refractivity contribution in [2.24, 2.45) is 4.99 Å². The molecule has 4 nitrogen and oxygen atoms in total. The van der Waals surface area contributed by atoms with Crippen molar-refractivity contribution in [1.29, 1.82) is 0 Å². The van der Waals surface area contributed by atoms with E-state index >= 15 is 0 Å². The Bertz CT molecular complexity index is 727. The van der Waals surface area contributed by atoms with Gasteiger partial charge in [0, 0.05) is 6.07 Å². The molecule has 1 N–H and O–H groups in total. The summed E-state index contributed by atoms with van der Waals surface area (Å²) < 4.78 is 6.05. The van der Waals surface area contributed by atoms with Gasteiger partial charge in [-0.2, -0.15) is 0 Å². The highest BCUT2D eigenvalue weighted by Gasteiger charge is 2.18. The van der Waals surface area contributed by atoms with Crippen LogP contribution in [-0.4, -0.2) is 18.7 Å². The number of carbonyl (C=O) groups excluding carboxylic acids is 1. The molecule has 0 saturated carbocycles. The highest BCUT2D eigenvalue weighted by atomic mass is 79.9. The van der Waals surface area contributed by atoms with Gasteiger partial charge in [-0.25, -0.2) is 0 Å². The van der Waals surface area contributed by atoms with E-state index in [0.29, 0.717) is 17.1 Å². The van der Waals surface area contributed by atoms with Gasteiger partial charge in [-0.05, 0) is 27.6 Å². The van der Waals surface area contributed by atoms with E-state index in [1.807, 2.05) is 36.4 Å². The molecule has 0 aliphatic carbocycles. The summed E-state index contributed by atoms with van der Waals surface area (Å²) in [6, 6.07) is 13.3. The van der Waals surface area contributed by atoms with Crippen LogP contribution in [0.4, 0.5) is 11.4 Å². The standard InChI is InChI=1S/C16H13BrN2O2/c1-21-15-8-14-13(7-11(15)17)18-12(9-16(20)19-14)10-5-3-2-4-6-10/h2-8H,9H2,1H3,(H,19,20). The molecule has 5 heteroatoms. The molecular weight excluding hydrogens is 332 g/mol. The third-order valence-electron chi connectivity index (χ3n) is 3.23. The van der Waals surface area contributed by atoms with E-state index in [4.69, 9.17) is 4.74 Å². The van der Waals surface area contributed by atoms with Crippen molar-refractivity contribution in [1.82, 2.24) is 0 Å². The summed E-state index contributed by atoms with van der Waals surface area (Å²) in [4.78, 5) is 16.7. The van der Waals surface area contributed by atoms with Gasteiger partial charge >= 0.3 is 0 Å². The highest BCUT2D eigenvalue weighted by molar-refractivity contribution is 9.10. The van der Waals surface area contributed by atoms with Crippen molar-refractivity contribution in [3.8, 4) is 5.75 Å². The van der Waals surface area contributed by atoms with Gasteiger partial charge < -0.3 is 10.1 Å². The molecule has 0 unspecified atom stereocenters. The second-order valence-electron chi connectivity index (χ2n) is 4.65. The van der Waals surface area contributed by atoms with E-state index in [9.17, 15) is 4.79 Å². The van der Waals surface area contributed by atoms with Crippen LogP contribution in [0.15, 0.2) is 51.9 Å². The summed E-state index contributed by atoms with van der Waals surface area (Å²) in [6.45, 7) is 0. The number of methoxy groups -OCH3 is 1. The number of ether oxygens (including phenoxy) is 1. The molecule has 1 aliphatic rings. The third kappa shape index (κ3) is 2.83. The van der Waals surface area contributed by atoms with Gasteiger partial charge in [-0.15, -0.1) is 0 Å². The third-order valence-corrected chi connectivity index (χ3v) is 3.85. The van der Waals surface area contributed by atoms with E-state index in [-0.39, 0.29) is 12.3 Å². The first-order valence-corrected chi connectivity index (χ1v) is 7.27. The van der Waals surface area contributed by atoms with Gasteiger partial charge in [-0.1, -0.05) is 30.3 Å². The zero-order valence-corrected chi connectivity index (χ0v) is 13.0. The van der Waals surface area contributed by atoms with Crippen molar-refractivity contribution in [3.05, 3.63) is 52.5 Å². The quantitative estimate of drug-likeness (QED) is 0.897. The Labute approximate surface area is 131 Å². The topological polar surface area (TPSA) is 50.7 Å². The molecule has 3 rings (SSSR count). The zero-order chi connectivity index (χ0) is 14.8. The lowest BCUT2D eigenvalue weighted by Crippen LogP contribution is -2.14. The first kappa shape index (κ1) is 13.8. The second kappa shape index (κ2) is 5.69.